The quantitative estimate of drug-likeness (QED) is 0.902. The van der Waals surface area contributed by atoms with Gasteiger partial charge in [0.15, 0.2) is 0 Å². The summed E-state index contributed by atoms with van der Waals surface area (Å²) < 4.78 is 0.997. The van der Waals surface area contributed by atoms with Gasteiger partial charge in [-0.2, -0.15) is 0 Å². The van der Waals surface area contributed by atoms with Gasteiger partial charge in [0.05, 0.1) is 0 Å². The lowest BCUT2D eigenvalue weighted by atomic mass is 10.1. The number of rotatable bonds is 3. The number of thiophene rings is 1. The first-order valence-electron chi connectivity index (χ1n) is 5.23. The fraction of sp³-hybridized carbons (Fsp3) is 0.231. The summed E-state index contributed by atoms with van der Waals surface area (Å²) in [5.41, 5.74) is 0.930. The van der Waals surface area contributed by atoms with Crippen LogP contribution in [0.1, 0.15) is 28.3 Å². The Balaban J connectivity index is 2.27. The number of hydrogen-bond acceptors (Lipinski definition) is 2. The summed E-state index contributed by atoms with van der Waals surface area (Å²) in [5, 5.41) is 10.2. The summed E-state index contributed by atoms with van der Waals surface area (Å²) >= 11 is 5.09. The second kappa shape index (κ2) is 5.13. The van der Waals surface area contributed by atoms with Gasteiger partial charge in [-0.25, -0.2) is 0 Å². The number of halogens is 1. The Morgan fingerprint density at radius 3 is 2.75 bits per heavy atom. The molecule has 0 aliphatic heterocycles. The Labute approximate surface area is 108 Å². The molecule has 84 valence electrons. The molecule has 1 aromatic heterocycles. The third-order valence-electron chi connectivity index (χ3n) is 2.46. The number of benzene rings is 1. The first-order chi connectivity index (χ1) is 7.70. The standard InChI is InChI=1S/C13H13BrOS/c1-2-11-6-7-12(16-11)13(15)9-4-3-5-10(14)8-9/h3-8,13,15H,2H2,1H3. The summed E-state index contributed by atoms with van der Waals surface area (Å²) in [6.45, 7) is 2.13. The van der Waals surface area contributed by atoms with E-state index in [0.717, 1.165) is 21.3 Å². The van der Waals surface area contributed by atoms with Crippen LogP contribution in [0.15, 0.2) is 40.9 Å². The van der Waals surface area contributed by atoms with Crippen LogP contribution in [-0.4, -0.2) is 5.11 Å². The zero-order chi connectivity index (χ0) is 11.5. The normalized spacial score (nSPS) is 12.7. The Morgan fingerprint density at radius 2 is 2.12 bits per heavy atom. The van der Waals surface area contributed by atoms with E-state index in [4.69, 9.17) is 0 Å². The molecule has 0 bridgehead atoms. The van der Waals surface area contributed by atoms with E-state index in [1.165, 1.54) is 4.88 Å². The lowest BCUT2D eigenvalue weighted by molar-refractivity contribution is 0.224. The molecular weight excluding hydrogens is 284 g/mol. The minimum Gasteiger partial charge on any atom is -0.383 e. The van der Waals surface area contributed by atoms with Crippen molar-refractivity contribution in [3.63, 3.8) is 0 Å². The molecule has 0 amide bonds. The van der Waals surface area contributed by atoms with Crippen LogP contribution >= 0.6 is 27.3 Å². The highest BCUT2D eigenvalue weighted by Crippen LogP contribution is 2.29. The lowest BCUT2D eigenvalue weighted by Crippen LogP contribution is -1.96. The molecule has 1 N–H and O–H groups in total. The minimum absolute atomic E-state index is 0.511. The van der Waals surface area contributed by atoms with Crippen molar-refractivity contribution in [3.05, 3.63) is 56.2 Å². The van der Waals surface area contributed by atoms with Gasteiger partial charge >= 0.3 is 0 Å². The van der Waals surface area contributed by atoms with Crippen LogP contribution in [0.3, 0.4) is 0 Å². The van der Waals surface area contributed by atoms with Gasteiger partial charge in [-0.15, -0.1) is 11.3 Å². The molecule has 1 unspecified atom stereocenters. The number of aliphatic hydroxyl groups excluding tert-OH is 1. The second-order valence-corrected chi connectivity index (χ2v) is 5.73. The first-order valence-corrected chi connectivity index (χ1v) is 6.83. The first kappa shape index (κ1) is 11.8. The fourth-order valence-electron chi connectivity index (χ4n) is 1.57. The van der Waals surface area contributed by atoms with Gasteiger partial charge in [0.2, 0.25) is 0 Å². The molecule has 2 aromatic rings. The summed E-state index contributed by atoms with van der Waals surface area (Å²) in [5.74, 6) is 0. The maximum atomic E-state index is 10.2. The molecule has 16 heavy (non-hydrogen) atoms. The molecule has 3 heteroatoms. The Kier molecular flexibility index (Phi) is 3.79. The molecule has 0 fully saturated rings. The maximum Gasteiger partial charge on any atom is 0.113 e. The van der Waals surface area contributed by atoms with Crippen molar-refractivity contribution < 1.29 is 5.11 Å². The summed E-state index contributed by atoms with van der Waals surface area (Å²) in [7, 11) is 0. The van der Waals surface area contributed by atoms with Gasteiger partial charge in [0.1, 0.15) is 6.10 Å². The van der Waals surface area contributed by atoms with Gasteiger partial charge in [-0.05, 0) is 36.2 Å². The predicted octanol–water partition coefficient (Wildman–Crippen LogP) is 4.15. The van der Waals surface area contributed by atoms with Crippen molar-refractivity contribution in [1.29, 1.82) is 0 Å². The van der Waals surface area contributed by atoms with E-state index >= 15 is 0 Å². The van der Waals surface area contributed by atoms with Crippen molar-refractivity contribution >= 4 is 27.3 Å². The molecule has 1 aromatic carbocycles. The Morgan fingerprint density at radius 1 is 1.31 bits per heavy atom. The van der Waals surface area contributed by atoms with Crippen molar-refractivity contribution in [1.82, 2.24) is 0 Å². The molecule has 2 rings (SSSR count). The molecular formula is C13H13BrOS. The molecule has 1 heterocycles. The average molecular weight is 297 g/mol. The third kappa shape index (κ3) is 2.54. The Bertz CT molecular complexity index is 478. The van der Waals surface area contributed by atoms with Crippen LogP contribution in [0, 0.1) is 0 Å². The van der Waals surface area contributed by atoms with E-state index < -0.39 is 6.10 Å². The van der Waals surface area contributed by atoms with Crippen LogP contribution in [-0.2, 0) is 6.42 Å². The SMILES string of the molecule is CCc1ccc(C(O)c2cccc(Br)c2)s1. The summed E-state index contributed by atoms with van der Waals surface area (Å²) in [4.78, 5) is 2.32. The van der Waals surface area contributed by atoms with Crippen LogP contribution in [0.5, 0.6) is 0 Å². The largest absolute Gasteiger partial charge is 0.383 e. The highest BCUT2D eigenvalue weighted by Gasteiger charge is 2.12. The second-order valence-electron chi connectivity index (χ2n) is 3.62. The maximum absolute atomic E-state index is 10.2. The van der Waals surface area contributed by atoms with E-state index in [-0.39, 0.29) is 0 Å². The number of aliphatic hydroxyl groups is 1. The average Bonchev–Trinajstić information content (AvgIpc) is 2.76. The Hall–Kier alpha value is -0.640. The predicted molar refractivity (Wildman–Crippen MR) is 71.9 cm³/mol. The van der Waals surface area contributed by atoms with E-state index in [1.54, 1.807) is 11.3 Å². The van der Waals surface area contributed by atoms with Crippen LogP contribution in [0.4, 0.5) is 0 Å². The van der Waals surface area contributed by atoms with E-state index in [0.29, 0.717) is 0 Å². The number of hydrogen-bond donors (Lipinski definition) is 1. The van der Waals surface area contributed by atoms with E-state index in [9.17, 15) is 5.11 Å². The monoisotopic (exact) mass is 296 g/mol. The zero-order valence-corrected chi connectivity index (χ0v) is 11.4. The highest BCUT2D eigenvalue weighted by molar-refractivity contribution is 9.10. The van der Waals surface area contributed by atoms with Gasteiger partial charge in [0.25, 0.3) is 0 Å². The summed E-state index contributed by atoms with van der Waals surface area (Å²) in [6.07, 6.45) is 0.512. The number of aryl methyl sites for hydroxylation is 1. The molecule has 0 saturated carbocycles. The van der Waals surface area contributed by atoms with E-state index in [1.807, 2.05) is 30.3 Å². The van der Waals surface area contributed by atoms with Crippen molar-refractivity contribution in [2.75, 3.05) is 0 Å². The molecule has 0 aliphatic rings. The topological polar surface area (TPSA) is 20.2 Å². The molecule has 0 spiro atoms. The van der Waals surface area contributed by atoms with Gasteiger partial charge in [-0.1, -0.05) is 35.0 Å². The third-order valence-corrected chi connectivity index (χ3v) is 4.24. The van der Waals surface area contributed by atoms with Gasteiger partial charge in [-0.3, -0.25) is 0 Å². The van der Waals surface area contributed by atoms with Crippen LogP contribution in [0.2, 0.25) is 0 Å². The molecule has 0 radical (unpaired) electrons. The molecule has 0 saturated heterocycles. The van der Waals surface area contributed by atoms with E-state index in [2.05, 4.69) is 28.9 Å². The molecule has 1 atom stereocenters. The van der Waals surface area contributed by atoms with Gasteiger partial charge < -0.3 is 5.11 Å². The van der Waals surface area contributed by atoms with Crippen molar-refractivity contribution in [3.8, 4) is 0 Å². The highest BCUT2D eigenvalue weighted by atomic mass is 79.9. The smallest absolute Gasteiger partial charge is 0.113 e. The van der Waals surface area contributed by atoms with Crippen LogP contribution in [0.25, 0.3) is 0 Å². The van der Waals surface area contributed by atoms with Crippen molar-refractivity contribution in [2.45, 2.75) is 19.4 Å². The fourth-order valence-corrected chi connectivity index (χ4v) is 2.96. The molecule has 0 aliphatic carbocycles. The van der Waals surface area contributed by atoms with Gasteiger partial charge in [0, 0.05) is 14.2 Å². The lowest BCUT2D eigenvalue weighted by Gasteiger charge is -2.08. The zero-order valence-electron chi connectivity index (χ0n) is 8.98. The molecule has 1 nitrogen and oxygen atoms in total. The minimum atomic E-state index is -0.511. The van der Waals surface area contributed by atoms with Crippen LogP contribution < -0.4 is 0 Å². The van der Waals surface area contributed by atoms with Crippen molar-refractivity contribution in [2.24, 2.45) is 0 Å². The summed E-state index contributed by atoms with van der Waals surface area (Å²) in [6, 6.07) is 11.9.